The molecule has 1 aliphatic heterocycles. The number of aromatic nitrogens is 2. The van der Waals surface area contributed by atoms with Crippen LogP contribution in [0, 0.1) is 11.6 Å². The lowest BCUT2D eigenvalue weighted by atomic mass is 9.90. The van der Waals surface area contributed by atoms with Crippen LogP contribution in [-0.2, 0) is 32.5 Å². The van der Waals surface area contributed by atoms with Crippen LogP contribution in [0.4, 0.5) is 26.1 Å². The Hall–Kier alpha value is -3.64. The molecule has 222 valence electrons. The lowest BCUT2D eigenvalue weighted by molar-refractivity contribution is -0.121. The molecule has 0 unspecified atom stereocenters. The number of benzene rings is 2. The Bertz CT molecular complexity index is 1600. The van der Waals surface area contributed by atoms with E-state index in [1.54, 1.807) is 6.20 Å². The van der Waals surface area contributed by atoms with Crippen molar-refractivity contribution in [1.29, 1.82) is 0 Å². The highest BCUT2D eigenvalue weighted by atomic mass is 32.2. The van der Waals surface area contributed by atoms with Gasteiger partial charge < -0.3 is 15.1 Å². The molecule has 9 nitrogen and oxygen atoms in total. The van der Waals surface area contributed by atoms with Crippen LogP contribution in [0.1, 0.15) is 55.3 Å². The first-order valence-electron chi connectivity index (χ1n) is 14.2. The quantitative estimate of drug-likeness (QED) is 0.393. The first kappa shape index (κ1) is 28.5. The number of halogens is 2. The summed E-state index contributed by atoms with van der Waals surface area (Å²) in [6.45, 7) is 0.194. The van der Waals surface area contributed by atoms with E-state index in [2.05, 4.69) is 34.0 Å². The van der Waals surface area contributed by atoms with E-state index in [0.29, 0.717) is 42.1 Å². The third-order valence-corrected chi connectivity index (χ3v) is 9.86. The molecule has 3 aromatic rings. The first-order valence-corrected chi connectivity index (χ1v) is 15.8. The Kier molecular flexibility index (Phi) is 7.38. The molecule has 3 aliphatic rings. The van der Waals surface area contributed by atoms with Crippen molar-refractivity contribution in [1.82, 2.24) is 14.9 Å². The van der Waals surface area contributed by atoms with Crippen LogP contribution in [0.5, 0.6) is 0 Å². The molecule has 2 aromatic carbocycles. The molecule has 1 spiro atoms. The van der Waals surface area contributed by atoms with Gasteiger partial charge in [0.2, 0.25) is 21.9 Å². The van der Waals surface area contributed by atoms with E-state index < -0.39 is 32.8 Å². The fourth-order valence-electron chi connectivity index (χ4n) is 6.07. The van der Waals surface area contributed by atoms with Crippen LogP contribution in [0.25, 0.3) is 0 Å². The zero-order chi connectivity index (χ0) is 29.6. The van der Waals surface area contributed by atoms with Gasteiger partial charge in [-0.15, -0.1) is 0 Å². The highest BCUT2D eigenvalue weighted by molar-refractivity contribution is 7.91. The summed E-state index contributed by atoms with van der Waals surface area (Å²) in [6, 6.07) is 9.94. The maximum atomic E-state index is 15.2. The van der Waals surface area contributed by atoms with Gasteiger partial charge in [0, 0.05) is 29.5 Å². The van der Waals surface area contributed by atoms with Crippen molar-refractivity contribution in [2.75, 3.05) is 29.0 Å². The van der Waals surface area contributed by atoms with E-state index in [-0.39, 0.29) is 18.1 Å². The monoisotopic (exact) mass is 596 g/mol. The Morgan fingerprint density at radius 3 is 2.40 bits per heavy atom. The number of anilines is 3. The van der Waals surface area contributed by atoms with Crippen LogP contribution in [-0.4, -0.2) is 55.4 Å². The number of carbonyl (C=O) groups is 1. The number of hydrogen-bond donors (Lipinski definition) is 2. The molecular weight excluding hydrogens is 562 g/mol. The molecule has 0 saturated heterocycles. The zero-order valence-electron chi connectivity index (χ0n) is 23.6. The highest BCUT2D eigenvalue weighted by Crippen LogP contribution is 2.53. The minimum absolute atomic E-state index is 0.143. The molecule has 0 radical (unpaired) electrons. The van der Waals surface area contributed by atoms with Gasteiger partial charge in [0.05, 0.1) is 29.1 Å². The van der Waals surface area contributed by atoms with Crippen molar-refractivity contribution in [3.05, 3.63) is 77.1 Å². The van der Waals surface area contributed by atoms with Crippen molar-refractivity contribution in [2.45, 2.75) is 68.3 Å². The van der Waals surface area contributed by atoms with Crippen molar-refractivity contribution < 1.29 is 22.0 Å². The summed E-state index contributed by atoms with van der Waals surface area (Å²) in [5, 5.41) is 3.48. The van der Waals surface area contributed by atoms with Crippen LogP contribution >= 0.6 is 0 Å². The van der Waals surface area contributed by atoms with Gasteiger partial charge in [-0.2, -0.15) is 0 Å². The number of fused-ring (bicyclic) bond motifs is 2. The summed E-state index contributed by atoms with van der Waals surface area (Å²) < 4.78 is 55.8. The van der Waals surface area contributed by atoms with E-state index in [0.717, 1.165) is 43.0 Å². The summed E-state index contributed by atoms with van der Waals surface area (Å²) in [7, 11) is 0.268. The fraction of sp³-hybridized carbons (Fsp3) is 0.433. The van der Waals surface area contributed by atoms with E-state index >= 15 is 4.39 Å². The number of rotatable bonds is 8. The number of nitrogens with one attached hydrogen (secondary N) is 2. The third kappa shape index (κ3) is 5.69. The van der Waals surface area contributed by atoms with Crippen molar-refractivity contribution in [3.63, 3.8) is 0 Å². The van der Waals surface area contributed by atoms with Gasteiger partial charge >= 0.3 is 0 Å². The van der Waals surface area contributed by atoms with Crippen LogP contribution in [0.2, 0.25) is 0 Å². The van der Waals surface area contributed by atoms with Crippen molar-refractivity contribution in [3.8, 4) is 0 Å². The largest absolute Gasteiger partial charge is 0.351 e. The highest BCUT2D eigenvalue weighted by Gasteiger charge is 2.58. The molecule has 42 heavy (non-hydrogen) atoms. The van der Waals surface area contributed by atoms with Crippen LogP contribution in [0.15, 0.2) is 48.7 Å². The molecule has 1 amide bonds. The second-order valence-electron chi connectivity index (χ2n) is 11.8. The summed E-state index contributed by atoms with van der Waals surface area (Å²) in [5.74, 6) is -1.33. The number of nitrogens with zero attached hydrogens (tertiary/aromatic N) is 4. The molecule has 2 saturated carbocycles. The predicted octanol–water partition coefficient (Wildman–Crippen LogP) is 4.56. The van der Waals surface area contributed by atoms with Gasteiger partial charge in [-0.1, -0.05) is 12.1 Å². The first-order chi connectivity index (χ1) is 20.0. The number of hydrogen-bond acceptors (Lipinski definition) is 7. The molecule has 12 heteroatoms. The summed E-state index contributed by atoms with van der Waals surface area (Å²) in [5.41, 5.74) is 1.28. The summed E-state index contributed by atoms with van der Waals surface area (Å²) in [6.07, 6.45) is 7.35. The average molecular weight is 597 g/mol. The molecular formula is C30H34F2N6O3S. The van der Waals surface area contributed by atoms with E-state index in [4.69, 9.17) is 4.98 Å². The van der Waals surface area contributed by atoms with E-state index in [1.165, 1.54) is 41.3 Å². The molecule has 0 bridgehead atoms. The minimum atomic E-state index is -3.96. The van der Waals surface area contributed by atoms with Gasteiger partial charge in [-0.3, -0.25) is 9.52 Å². The Morgan fingerprint density at radius 2 is 1.76 bits per heavy atom. The van der Waals surface area contributed by atoms with Crippen molar-refractivity contribution >= 4 is 33.3 Å². The fourth-order valence-corrected chi connectivity index (χ4v) is 7.27. The Morgan fingerprint density at radius 1 is 1.05 bits per heavy atom. The zero-order valence-corrected chi connectivity index (χ0v) is 24.4. The maximum absolute atomic E-state index is 15.2. The topological polar surface area (TPSA) is 108 Å². The maximum Gasteiger partial charge on any atom is 0.239 e. The van der Waals surface area contributed by atoms with Gasteiger partial charge in [0.1, 0.15) is 11.6 Å². The number of sulfonamides is 1. The molecule has 2 heterocycles. The van der Waals surface area contributed by atoms with E-state index in [9.17, 15) is 17.6 Å². The van der Waals surface area contributed by atoms with Crippen molar-refractivity contribution in [2.24, 2.45) is 0 Å². The Balaban J connectivity index is 1.16. The standard InChI is InChI=1S/C30H34F2N6O3S/c1-37(2)23-9-7-22(8-10-23)34-29-33-16-20-17-38(28(39)30(13-14-30)27(20)35-29)24-11-12-26(25(32)15-24)36-42(40,41)18-19-3-5-21(31)6-4-19/h3-6,11-12,15-16,22-23,36H,7-10,13-14,17-18H2,1-2H3,(H,33,34,35). The van der Waals surface area contributed by atoms with E-state index in [1.807, 2.05) is 0 Å². The molecule has 2 aliphatic carbocycles. The minimum Gasteiger partial charge on any atom is -0.351 e. The SMILES string of the molecule is CN(C)C1CCC(Nc2ncc3c(n2)C2(CC2)C(=O)N(c2ccc(NS(=O)(=O)Cc4ccc(F)cc4)c(F)c2)C3)CC1. The molecule has 0 atom stereocenters. The van der Waals surface area contributed by atoms with Gasteiger partial charge in [0.15, 0.2) is 0 Å². The predicted molar refractivity (Wildman–Crippen MR) is 157 cm³/mol. The van der Waals surface area contributed by atoms with Gasteiger partial charge in [0.25, 0.3) is 0 Å². The summed E-state index contributed by atoms with van der Waals surface area (Å²) >= 11 is 0. The Labute approximate surface area is 244 Å². The lowest BCUT2D eigenvalue weighted by Crippen LogP contribution is -2.45. The molecule has 2 N–H and O–H groups in total. The number of amides is 1. The second-order valence-corrected chi connectivity index (χ2v) is 13.5. The molecule has 1 aromatic heterocycles. The smallest absolute Gasteiger partial charge is 0.239 e. The normalized spacial score (nSPS) is 21.4. The third-order valence-electron chi connectivity index (χ3n) is 8.61. The second kappa shape index (κ2) is 10.9. The molecule has 6 rings (SSSR count). The average Bonchev–Trinajstić information content (AvgIpc) is 3.75. The van der Waals surface area contributed by atoms with Crippen LogP contribution < -0.4 is 14.9 Å². The van der Waals surface area contributed by atoms with Gasteiger partial charge in [-0.05, 0) is 88.5 Å². The number of carbonyl (C=O) groups excluding carboxylic acids is 1. The summed E-state index contributed by atoms with van der Waals surface area (Å²) in [4.78, 5) is 26.9. The molecule has 2 fully saturated rings. The van der Waals surface area contributed by atoms with Crippen LogP contribution in [0.3, 0.4) is 0 Å². The lowest BCUT2D eigenvalue weighted by Gasteiger charge is -2.35. The van der Waals surface area contributed by atoms with Gasteiger partial charge in [-0.25, -0.2) is 27.2 Å².